The lowest BCUT2D eigenvalue weighted by molar-refractivity contribution is -0.384. The number of carbonyl (C=O) groups is 2. The second-order valence-electron chi connectivity index (χ2n) is 9.19. The maximum absolute atomic E-state index is 13.1. The summed E-state index contributed by atoms with van der Waals surface area (Å²) >= 11 is 0. The molecule has 1 aromatic heterocycles. The first-order chi connectivity index (χ1) is 16.1. The third kappa shape index (κ3) is 4.22. The van der Waals surface area contributed by atoms with Gasteiger partial charge in [0.2, 0.25) is 0 Å². The second-order valence-corrected chi connectivity index (χ2v) is 9.19. The van der Waals surface area contributed by atoms with Gasteiger partial charge in [-0.05, 0) is 28.7 Å². The third-order valence-corrected chi connectivity index (χ3v) is 5.87. The highest BCUT2D eigenvalue weighted by Gasteiger charge is 2.46. The summed E-state index contributed by atoms with van der Waals surface area (Å²) in [5.74, 6) is -1.63. The number of rotatable bonds is 5. The maximum atomic E-state index is 13.1. The number of carbonyl (C=O) groups excluding carboxylic acids is 2. The molecule has 0 radical (unpaired) electrons. The summed E-state index contributed by atoms with van der Waals surface area (Å²) in [5, 5.41) is 22.3. The van der Waals surface area contributed by atoms with Gasteiger partial charge in [-0.2, -0.15) is 0 Å². The van der Waals surface area contributed by atoms with E-state index in [-0.39, 0.29) is 28.8 Å². The molecule has 1 fully saturated rings. The number of benzene rings is 2. The number of nitrogens with zero attached hydrogens (tertiary/aromatic N) is 2. The summed E-state index contributed by atoms with van der Waals surface area (Å²) in [6.07, 6.45) is 1.47. The van der Waals surface area contributed by atoms with E-state index in [4.69, 9.17) is 4.42 Å². The Balaban J connectivity index is 1.87. The van der Waals surface area contributed by atoms with Gasteiger partial charge in [0, 0.05) is 17.7 Å². The van der Waals surface area contributed by atoms with Crippen LogP contribution in [0.25, 0.3) is 5.76 Å². The second kappa shape index (κ2) is 8.62. The van der Waals surface area contributed by atoms with E-state index in [2.05, 4.69) is 20.8 Å². The molecular weight excluding hydrogens is 436 g/mol. The van der Waals surface area contributed by atoms with Gasteiger partial charge in [0.1, 0.15) is 11.5 Å². The SMILES string of the molecule is CC(C)(C)c1ccc([C@H]2C(=C(O)c3cccc([N+](=O)[O-])c3)C(=O)C(=O)N2Cc2ccco2)cc1. The number of nitro groups is 1. The zero-order chi connectivity index (χ0) is 24.6. The van der Waals surface area contributed by atoms with E-state index in [1.807, 2.05) is 24.3 Å². The lowest BCUT2D eigenvalue weighted by atomic mass is 9.85. The lowest BCUT2D eigenvalue weighted by Gasteiger charge is -2.26. The van der Waals surface area contributed by atoms with E-state index in [0.717, 1.165) is 5.56 Å². The fraction of sp³-hybridized carbons (Fsp3) is 0.231. The molecular formula is C26H24N2O6. The Morgan fingerprint density at radius 1 is 1.09 bits per heavy atom. The van der Waals surface area contributed by atoms with Crippen molar-refractivity contribution < 1.29 is 24.0 Å². The Morgan fingerprint density at radius 3 is 2.38 bits per heavy atom. The molecule has 1 aliphatic rings. The number of aliphatic hydroxyl groups is 1. The largest absolute Gasteiger partial charge is 0.507 e. The van der Waals surface area contributed by atoms with Crippen LogP contribution in [0, 0.1) is 10.1 Å². The van der Waals surface area contributed by atoms with Gasteiger partial charge < -0.3 is 14.4 Å². The molecule has 1 amide bonds. The van der Waals surface area contributed by atoms with Crippen molar-refractivity contribution in [1.82, 2.24) is 4.90 Å². The number of ketones is 1. The molecule has 1 N–H and O–H groups in total. The van der Waals surface area contributed by atoms with Crippen LogP contribution in [0.2, 0.25) is 0 Å². The number of furan rings is 1. The van der Waals surface area contributed by atoms with Gasteiger partial charge in [-0.15, -0.1) is 0 Å². The number of non-ortho nitro benzene ring substituents is 1. The summed E-state index contributed by atoms with van der Waals surface area (Å²) in [5.41, 5.74) is 1.32. The highest BCUT2D eigenvalue weighted by atomic mass is 16.6. The Morgan fingerprint density at radius 2 is 1.79 bits per heavy atom. The lowest BCUT2D eigenvalue weighted by Crippen LogP contribution is -2.29. The topological polar surface area (TPSA) is 114 Å². The minimum atomic E-state index is -0.890. The molecule has 2 aromatic carbocycles. The Kier molecular flexibility index (Phi) is 5.83. The molecule has 0 spiro atoms. The van der Waals surface area contributed by atoms with Gasteiger partial charge in [-0.25, -0.2) is 0 Å². The van der Waals surface area contributed by atoms with Crippen molar-refractivity contribution in [2.75, 3.05) is 0 Å². The summed E-state index contributed by atoms with van der Waals surface area (Å²) in [4.78, 5) is 38.1. The fourth-order valence-corrected chi connectivity index (χ4v) is 4.05. The van der Waals surface area contributed by atoms with Gasteiger partial charge in [0.15, 0.2) is 0 Å². The molecule has 1 aliphatic heterocycles. The van der Waals surface area contributed by atoms with Crippen molar-refractivity contribution in [3.8, 4) is 0 Å². The normalized spacial score (nSPS) is 17.9. The number of hydrogen-bond donors (Lipinski definition) is 1. The van der Waals surface area contributed by atoms with Crippen molar-refractivity contribution in [3.63, 3.8) is 0 Å². The minimum Gasteiger partial charge on any atom is -0.507 e. The van der Waals surface area contributed by atoms with E-state index < -0.39 is 28.4 Å². The maximum Gasteiger partial charge on any atom is 0.296 e. The van der Waals surface area contributed by atoms with Gasteiger partial charge in [-0.3, -0.25) is 19.7 Å². The van der Waals surface area contributed by atoms with Crippen molar-refractivity contribution in [2.24, 2.45) is 0 Å². The average Bonchev–Trinajstić information content (AvgIpc) is 3.40. The molecule has 0 bridgehead atoms. The number of aliphatic hydroxyl groups excluding tert-OH is 1. The van der Waals surface area contributed by atoms with Crippen molar-refractivity contribution in [2.45, 2.75) is 38.8 Å². The molecule has 0 saturated carbocycles. The van der Waals surface area contributed by atoms with Crippen LogP contribution in [-0.2, 0) is 21.5 Å². The Hall–Kier alpha value is -4.20. The van der Waals surface area contributed by atoms with Gasteiger partial charge in [0.05, 0.1) is 29.3 Å². The first-order valence-electron chi connectivity index (χ1n) is 10.7. The standard InChI is InChI=1S/C26H24N2O6/c1-26(2,3)18-11-9-16(10-12-18)22-21(23(29)17-6-4-7-19(14-17)28(32)33)24(30)25(31)27(22)15-20-8-5-13-34-20/h4-14,22,29H,15H2,1-3H3/t22-/m0/s1. The molecule has 0 aliphatic carbocycles. The van der Waals surface area contributed by atoms with Gasteiger partial charge >= 0.3 is 0 Å². The number of likely N-dealkylation sites (tertiary alicyclic amines) is 1. The first-order valence-corrected chi connectivity index (χ1v) is 10.7. The van der Waals surface area contributed by atoms with Crippen LogP contribution >= 0.6 is 0 Å². The summed E-state index contributed by atoms with van der Waals surface area (Å²) in [6, 6.07) is 15.3. The van der Waals surface area contributed by atoms with E-state index in [1.54, 1.807) is 12.1 Å². The Bertz CT molecular complexity index is 1280. The first kappa shape index (κ1) is 23.0. The molecule has 8 nitrogen and oxygen atoms in total. The molecule has 2 heterocycles. The average molecular weight is 460 g/mol. The van der Waals surface area contributed by atoms with Crippen LogP contribution in [0.4, 0.5) is 5.69 Å². The van der Waals surface area contributed by atoms with Crippen LogP contribution in [0.1, 0.15) is 49.3 Å². The highest BCUT2D eigenvalue weighted by molar-refractivity contribution is 6.46. The van der Waals surface area contributed by atoms with Gasteiger partial charge in [-0.1, -0.05) is 57.2 Å². The Labute approximate surface area is 196 Å². The highest BCUT2D eigenvalue weighted by Crippen LogP contribution is 2.41. The van der Waals surface area contributed by atoms with Crippen LogP contribution < -0.4 is 0 Å². The predicted molar refractivity (Wildman–Crippen MR) is 125 cm³/mol. The third-order valence-electron chi connectivity index (χ3n) is 5.87. The van der Waals surface area contributed by atoms with Crippen molar-refractivity contribution >= 4 is 23.1 Å². The molecule has 174 valence electrons. The zero-order valence-corrected chi connectivity index (χ0v) is 19.0. The van der Waals surface area contributed by atoms with E-state index >= 15 is 0 Å². The zero-order valence-electron chi connectivity index (χ0n) is 19.0. The monoisotopic (exact) mass is 460 g/mol. The smallest absolute Gasteiger partial charge is 0.296 e. The molecule has 8 heteroatoms. The predicted octanol–water partition coefficient (Wildman–Crippen LogP) is 5.11. The number of amides is 1. The van der Waals surface area contributed by atoms with E-state index in [1.165, 1.54) is 35.4 Å². The molecule has 0 unspecified atom stereocenters. The summed E-state index contributed by atoms with van der Waals surface area (Å²) < 4.78 is 5.39. The fourth-order valence-electron chi connectivity index (χ4n) is 4.05. The van der Waals surface area contributed by atoms with E-state index in [0.29, 0.717) is 11.3 Å². The van der Waals surface area contributed by atoms with Crippen LogP contribution in [0.15, 0.2) is 76.9 Å². The number of nitro benzene ring substituents is 1. The van der Waals surface area contributed by atoms with Crippen LogP contribution in [0.3, 0.4) is 0 Å². The van der Waals surface area contributed by atoms with Crippen molar-refractivity contribution in [3.05, 3.63) is 105 Å². The molecule has 4 rings (SSSR count). The summed E-state index contributed by atoms with van der Waals surface area (Å²) in [6.45, 7) is 6.25. The quantitative estimate of drug-likeness (QED) is 0.186. The van der Waals surface area contributed by atoms with E-state index in [9.17, 15) is 24.8 Å². The minimum absolute atomic E-state index is 0.0228. The van der Waals surface area contributed by atoms with Gasteiger partial charge in [0.25, 0.3) is 17.4 Å². The van der Waals surface area contributed by atoms with Crippen LogP contribution in [0.5, 0.6) is 0 Å². The number of hydrogen-bond acceptors (Lipinski definition) is 6. The molecule has 34 heavy (non-hydrogen) atoms. The van der Waals surface area contributed by atoms with Crippen molar-refractivity contribution in [1.29, 1.82) is 0 Å². The molecule has 3 aromatic rings. The molecule has 1 atom stereocenters. The van der Waals surface area contributed by atoms with Crippen LogP contribution in [-0.4, -0.2) is 26.6 Å². The molecule has 1 saturated heterocycles. The number of Topliss-reactive ketones (excluding diaryl/α,β-unsaturated/α-hetero) is 1. The summed E-state index contributed by atoms with van der Waals surface area (Å²) in [7, 11) is 0.